The number of fused-ring (bicyclic) bond motifs is 1. The van der Waals surface area contributed by atoms with E-state index in [1.807, 2.05) is 47.9 Å². The molecule has 1 amide bonds. The maximum atomic E-state index is 12.6. The third-order valence-corrected chi connectivity index (χ3v) is 4.46. The Morgan fingerprint density at radius 1 is 0.966 bits per heavy atom. The summed E-state index contributed by atoms with van der Waals surface area (Å²) in [4.78, 5) is 28.2. The predicted molar refractivity (Wildman–Crippen MR) is 112 cm³/mol. The molecule has 0 aliphatic rings. The molecule has 144 valence electrons. The molecule has 0 bridgehead atoms. The lowest BCUT2D eigenvalue weighted by atomic mass is 10.2. The number of aryl methyl sites for hydroxylation is 1. The van der Waals surface area contributed by atoms with Gasteiger partial charge in [-0.1, -0.05) is 18.2 Å². The Bertz CT molecular complexity index is 1200. The van der Waals surface area contributed by atoms with Crippen LogP contribution in [-0.4, -0.2) is 21.4 Å². The quantitative estimate of drug-likeness (QED) is 0.414. The monoisotopic (exact) mass is 385 g/mol. The Hall–Kier alpha value is -3.93. The average molecular weight is 385 g/mol. The van der Waals surface area contributed by atoms with Crippen LogP contribution in [0.25, 0.3) is 16.7 Å². The van der Waals surface area contributed by atoms with Crippen molar-refractivity contribution >= 4 is 28.6 Å². The van der Waals surface area contributed by atoms with Gasteiger partial charge in [0.2, 0.25) is 5.91 Å². The highest BCUT2D eigenvalue weighted by molar-refractivity contribution is 5.95. The van der Waals surface area contributed by atoms with E-state index in [0.717, 1.165) is 22.5 Å². The number of nitrogens with zero attached hydrogens (tertiary/aromatic N) is 2. The van der Waals surface area contributed by atoms with E-state index in [-0.39, 0.29) is 5.91 Å². The summed E-state index contributed by atoms with van der Waals surface area (Å²) < 4.78 is 7.49. The minimum atomic E-state index is -0.467. The number of carbonyl (C=O) groups excluding carboxylic acids is 2. The lowest BCUT2D eigenvalue weighted by molar-refractivity contribution is -0.114. The van der Waals surface area contributed by atoms with E-state index in [4.69, 9.17) is 4.74 Å². The molecule has 3 aromatic carbocycles. The number of nitrogens with one attached hydrogen (secondary N) is 1. The van der Waals surface area contributed by atoms with Gasteiger partial charge in [-0.3, -0.25) is 9.36 Å². The van der Waals surface area contributed by atoms with Crippen molar-refractivity contribution in [3.05, 3.63) is 84.2 Å². The zero-order valence-corrected chi connectivity index (χ0v) is 16.0. The van der Waals surface area contributed by atoms with E-state index in [9.17, 15) is 9.59 Å². The molecule has 1 aromatic heterocycles. The molecule has 0 saturated heterocycles. The standard InChI is InChI=1S/C23H19N3O3/c1-15-24-21-14-17(8-13-22(21)26(15)19-6-4-3-5-7-19)23(28)29-20-11-9-18(10-12-20)25-16(2)27/h3-14H,1-2H3,(H,25,27). The number of aromatic nitrogens is 2. The first kappa shape index (κ1) is 18.4. The van der Waals surface area contributed by atoms with Crippen molar-refractivity contribution in [2.24, 2.45) is 0 Å². The van der Waals surface area contributed by atoms with Crippen molar-refractivity contribution in [3.63, 3.8) is 0 Å². The number of para-hydroxylation sites is 1. The number of amides is 1. The lowest BCUT2D eigenvalue weighted by Gasteiger charge is -2.08. The van der Waals surface area contributed by atoms with E-state index < -0.39 is 5.97 Å². The van der Waals surface area contributed by atoms with Gasteiger partial charge in [-0.2, -0.15) is 0 Å². The largest absolute Gasteiger partial charge is 0.423 e. The summed E-state index contributed by atoms with van der Waals surface area (Å²) in [5.74, 6) is 0.611. The van der Waals surface area contributed by atoms with Crippen LogP contribution in [0, 0.1) is 6.92 Å². The molecule has 4 aromatic rings. The number of hydrogen-bond acceptors (Lipinski definition) is 4. The highest BCUT2D eigenvalue weighted by atomic mass is 16.5. The van der Waals surface area contributed by atoms with Gasteiger partial charge in [-0.15, -0.1) is 0 Å². The molecule has 6 nitrogen and oxygen atoms in total. The first-order valence-corrected chi connectivity index (χ1v) is 9.15. The van der Waals surface area contributed by atoms with E-state index >= 15 is 0 Å². The van der Waals surface area contributed by atoms with Crippen LogP contribution < -0.4 is 10.1 Å². The third-order valence-electron chi connectivity index (χ3n) is 4.46. The summed E-state index contributed by atoms with van der Waals surface area (Å²) in [6, 6.07) is 21.9. The number of imidazole rings is 1. The van der Waals surface area contributed by atoms with Crippen LogP contribution in [0.1, 0.15) is 23.1 Å². The Balaban J connectivity index is 1.58. The molecule has 0 aliphatic carbocycles. The van der Waals surface area contributed by atoms with Gasteiger partial charge in [0.25, 0.3) is 0 Å². The maximum absolute atomic E-state index is 12.6. The minimum absolute atomic E-state index is 0.159. The van der Waals surface area contributed by atoms with E-state index in [1.165, 1.54) is 6.92 Å². The molecule has 0 saturated carbocycles. The third kappa shape index (κ3) is 3.87. The highest BCUT2D eigenvalue weighted by Gasteiger charge is 2.14. The Morgan fingerprint density at radius 3 is 2.38 bits per heavy atom. The van der Waals surface area contributed by atoms with Crippen molar-refractivity contribution in [2.45, 2.75) is 13.8 Å². The van der Waals surface area contributed by atoms with Gasteiger partial charge in [0.1, 0.15) is 11.6 Å². The zero-order valence-electron chi connectivity index (χ0n) is 16.0. The minimum Gasteiger partial charge on any atom is -0.423 e. The zero-order chi connectivity index (χ0) is 20.4. The number of hydrogen-bond donors (Lipinski definition) is 1. The number of esters is 1. The molecule has 0 spiro atoms. The fourth-order valence-electron chi connectivity index (χ4n) is 3.21. The first-order chi connectivity index (χ1) is 14.0. The second kappa shape index (κ2) is 7.59. The summed E-state index contributed by atoms with van der Waals surface area (Å²) in [6.07, 6.45) is 0. The summed E-state index contributed by atoms with van der Waals surface area (Å²) in [5.41, 5.74) is 3.72. The molecule has 1 N–H and O–H groups in total. The fraction of sp³-hybridized carbons (Fsp3) is 0.0870. The van der Waals surface area contributed by atoms with Gasteiger partial charge >= 0.3 is 5.97 Å². The summed E-state index contributed by atoms with van der Waals surface area (Å²) in [7, 11) is 0. The van der Waals surface area contributed by atoms with Crippen LogP contribution >= 0.6 is 0 Å². The number of benzene rings is 3. The molecule has 0 unspecified atom stereocenters. The molecule has 0 aliphatic heterocycles. The second-order valence-corrected chi connectivity index (χ2v) is 6.63. The maximum Gasteiger partial charge on any atom is 0.343 e. The molecular formula is C23H19N3O3. The van der Waals surface area contributed by atoms with Crippen LogP contribution in [0.4, 0.5) is 5.69 Å². The summed E-state index contributed by atoms with van der Waals surface area (Å²) in [6.45, 7) is 3.37. The van der Waals surface area contributed by atoms with E-state index in [2.05, 4.69) is 10.3 Å². The molecule has 0 fully saturated rings. The van der Waals surface area contributed by atoms with Crippen LogP contribution in [0.3, 0.4) is 0 Å². The highest BCUT2D eigenvalue weighted by Crippen LogP contribution is 2.23. The Labute approximate surface area is 167 Å². The van der Waals surface area contributed by atoms with Crippen molar-refractivity contribution in [2.75, 3.05) is 5.32 Å². The van der Waals surface area contributed by atoms with Gasteiger partial charge in [0.15, 0.2) is 0 Å². The van der Waals surface area contributed by atoms with Crippen molar-refractivity contribution in [1.82, 2.24) is 9.55 Å². The average Bonchev–Trinajstić information content (AvgIpc) is 3.04. The van der Waals surface area contributed by atoms with E-state index in [0.29, 0.717) is 17.0 Å². The molecule has 4 rings (SSSR count). The van der Waals surface area contributed by atoms with Crippen molar-refractivity contribution in [3.8, 4) is 11.4 Å². The number of anilines is 1. The second-order valence-electron chi connectivity index (χ2n) is 6.63. The van der Waals surface area contributed by atoms with Gasteiger partial charge in [-0.05, 0) is 61.5 Å². The summed E-state index contributed by atoms with van der Waals surface area (Å²) in [5, 5.41) is 2.67. The first-order valence-electron chi connectivity index (χ1n) is 9.15. The number of rotatable bonds is 4. The smallest absolute Gasteiger partial charge is 0.343 e. The van der Waals surface area contributed by atoms with Crippen LogP contribution in [0.15, 0.2) is 72.8 Å². The Kier molecular flexibility index (Phi) is 4.83. The topological polar surface area (TPSA) is 73.2 Å². The van der Waals surface area contributed by atoms with Gasteiger partial charge < -0.3 is 10.1 Å². The van der Waals surface area contributed by atoms with Crippen molar-refractivity contribution in [1.29, 1.82) is 0 Å². The van der Waals surface area contributed by atoms with Gasteiger partial charge in [0.05, 0.1) is 16.6 Å². The summed E-state index contributed by atoms with van der Waals surface area (Å²) >= 11 is 0. The number of carbonyl (C=O) groups is 2. The molecule has 6 heteroatoms. The Morgan fingerprint density at radius 2 is 1.69 bits per heavy atom. The molecule has 1 heterocycles. The fourth-order valence-corrected chi connectivity index (χ4v) is 3.21. The van der Waals surface area contributed by atoms with Crippen molar-refractivity contribution < 1.29 is 14.3 Å². The van der Waals surface area contributed by atoms with Crippen LogP contribution in [0.2, 0.25) is 0 Å². The molecular weight excluding hydrogens is 366 g/mol. The van der Waals surface area contributed by atoms with Gasteiger partial charge in [-0.25, -0.2) is 9.78 Å². The molecule has 0 atom stereocenters. The molecule has 0 radical (unpaired) electrons. The SMILES string of the molecule is CC(=O)Nc1ccc(OC(=O)c2ccc3c(c2)nc(C)n3-c2ccccc2)cc1. The normalized spacial score (nSPS) is 10.7. The predicted octanol–water partition coefficient (Wildman–Crippen LogP) is 4.51. The lowest BCUT2D eigenvalue weighted by Crippen LogP contribution is -2.09. The number of ether oxygens (including phenoxy) is 1. The van der Waals surface area contributed by atoms with Crippen LogP contribution in [0.5, 0.6) is 5.75 Å². The van der Waals surface area contributed by atoms with Crippen LogP contribution in [-0.2, 0) is 4.79 Å². The molecule has 29 heavy (non-hydrogen) atoms. The van der Waals surface area contributed by atoms with Gasteiger partial charge in [0, 0.05) is 18.3 Å². The van der Waals surface area contributed by atoms with E-state index in [1.54, 1.807) is 36.4 Å².